The van der Waals surface area contributed by atoms with Crippen LogP contribution in [0.25, 0.3) is 0 Å². The minimum Gasteiger partial charge on any atom is -0.369 e. The van der Waals surface area contributed by atoms with Gasteiger partial charge in [-0.05, 0) is 51.3 Å². The number of imide groups is 1. The molecule has 27 heavy (non-hydrogen) atoms. The lowest BCUT2D eigenvalue weighted by atomic mass is 10.2. The zero-order valence-electron chi connectivity index (χ0n) is 16.3. The van der Waals surface area contributed by atoms with E-state index in [0.717, 1.165) is 65.0 Å². The van der Waals surface area contributed by atoms with Gasteiger partial charge in [0.15, 0.2) is 0 Å². The molecule has 1 aromatic carbocycles. The smallest absolute Gasteiger partial charge is 0.327 e. The molecular formula is C21H30N4O2. The Bertz CT molecular complexity index is 660. The summed E-state index contributed by atoms with van der Waals surface area (Å²) in [5.74, 6) is 0.0317. The fraction of sp³-hybridized carbons (Fsp3) is 0.619. The van der Waals surface area contributed by atoms with Gasteiger partial charge >= 0.3 is 6.03 Å². The number of rotatable bonds is 6. The molecule has 0 aliphatic carbocycles. The van der Waals surface area contributed by atoms with Gasteiger partial charge in [0, 0.05) is 45.0 Å². The maximum Gasteiger partial charge on any atom is 0.327 e. The number of nitrogens with zero attached hydrogens (tertiary/aromatic N) is 4. The first-order valence-corrected chi connectivity index (χ1v) is 10.3. The molecule has 4 rings (SSSR count). The highest BCUT2D eigenvalue weighted by Crippen LogP contribution is 2.27. The monoisotopic (exact) mass is 370 g/mol. The first-order valence-electron chi connectivity index (χ1n) is 10.3. The molecule has 0 unspecified atom stereocenters. The predicted molar refractivity (Wildman–Crippen MR) is 106 cm³/mol. The van der Waals surface area contributed by atoms with Crippen molar-refractivity contribution >= 4 is 17.6 Å². The van der Waals surface area contributed by atoms with Crippen molar-refractivity contribution in [3.8, 4) is 0 Å². The summed E-state index contributed by atoms with van der Waals surface area (Å²) in [5.41, 5.74) is 2.61. The van der Waals surface area contributed by atoms with Crippen molar-refractivity contribution < 1.29 is 9.59 Å². The lowest BCUT2D eigenvalue weighted by Gasteiger charge is -2.36. The molecule has 3 fully saturated rings. The number of carbonyl (C=O) groups is 2. The molecule has 146 valence electrons. The summed E-state index contributed by atoms with van der Waals surface area (Å²) in [7, 11) is 0. The number of hydrogen-bond acceptors (Lipinski definition) is 4. The summed E-state index contributed by atoms with van der Waals surface area (Å²) >= 11 is 0. The van der Waals surface area contributed by atoms with Gasteiger partial charge in [0.05, 0.1) is 0 Å². The number of urea groups is 1. The van der Waals surface area contributed by atoms with Crippen molar-refractivity contribution in [1.82, 2.24) is 14.7 Å². The second-order valence-electron chi connectivity index (χ2n) is 8.00. The Labute approximate surface area is 161 Å². The Morgan fingerprint density at radius 1 is 0.926 bits per heavy atom. The Morgan fingerprint density at radius 2 is 1.63 bits per heavy atom. The Hall–Kier alpha value is -2.08. The molecule has 0 saturated carbocycles. The maximum absolute atomic E-state index is 12.3. The third-order valence-electron chi connectivity index (χ3n) is 6.16. The molecule has 3 amide bonds. The largest absolute Gasteiger partial charge is 0.369 e. The highest BCUT2D eigenvalue weighted by Gasteiger charge is 2.46. The summed E-state index contributed by atoms with van der Waals surface area (Å²) in [6.45, 7) is 8.76. The van der Waals surface area contributed by atoms with E-state index in [1.165, 1.54) is 16.2 Å². The number of carbonyl (C=O) groups excluding carboxylic acids is 2. The van der Waals surface area contributed by atoms with Gasteiger partial charge < -0.3 is 9.80 Å². The highest BCUT2D eigenvalue weighted by atomic mass is 16.2. The molecule has 6 nitrogen and oxygen atoms in total. The number of piperazine rings is 1. The third kappa shape index (κ3) is 3.81. The standard InChI is InChI=1S/C21H30N4O2/c1-17-6-8-18(9-7-17)23-15-13-22(14-16-23)10-2-3-11-25-20(26)19-5-4-12-24(19)21(25)27/h6-9,19H,2-5,10-16H2,1H3/t19-/m0/s1. The lowest BCUT2D eigenvalue weighted by Crippen LogP contribution is -2.46. The lowest BCUT2D eigenvalue weighted by molar-refractivity contribution is -0.128. The third-order valence-corrected chi connectivity index (χ3v) is 6.16. The molecule has 0 radical (unpaired) electrons. The topological polar surface area (TPSA) is 47.1 Å². The van der Waals surface area contributed by atoms with Crippen LogP contribution >= 0.6 is 0 Å². The van der Waals surface area contributed by atoms with Crippen LogP contribution in [-0.2, 0) is 4.79 Å². The number of amides is 3. The van der Waals surface area contributed by atoms with E-state index in [9.17, 15) is 9.59 Å². The second-order valence-corrected chi connectivity index (χ2v) is 8.00. The zero-order chi connectivity index (χ0) is 18.8. The fourth-order valence-corrected chi connectivity index (χ4v) is 4.48. The van der Waals surface area contributed by atoms with Gasteiger partial charge in [-0.1, -0.05) is 17.7 Å². The van der Waals surface area contributed by atoms with E-state index in [1.807, 2.05) is 0 Å². The van der Waals surface area contributed by atoms with Crippen molar-refractivity contribution in [2.75, 3.05) is 50.7 Å². The van der Waals surface area contributed by atoms with E-state index in [0.29, 0.717) is 6.54 Å². The van der Waals surface area contributed by atoms with Crippen LogP contribution in [0.2, 0.25) is 0 Å². The van der Waals surface area contributed by atoms with Gasteiger partial charge in [-0.15, -0.1) is 0 Å². The summed E-state index contributed by atoms with van der Waals surface area (Å²) < 4.78 is 0. The summed E-state index contributed by atoms with van der Waals surface area (Å²) in [6.07, 6.45) is 3.74. The summed E-state index contributed by atoms with van der Waals surface area (Å²) in [5, 5.41) is 0. The van der Waals surface area contributed by atoms with E-state index in [2.05, 4.69) is 41.0 Å². The van der Waals surface area contributed by atoms with Crippen LogP contribution in [0.3, 0.4) is 0 Å². The van der Waals surface area contributed by atoms with Gasteiger partial charge in [-0.2, -0.15) is 0 Å². The second kappa shape index (κ2) is 7.89. The van der Waals surface area contributed by atoms with Crippen LogP contribution in [0.4, 0.5) is 10.5 Å². The van der Waals surface area contributed by atoms with Crippen molar-refractivity contribution in [1.29, 1.82) is 0 Å². The molecule has 1 aromatic rings. The molecule has 3 aliphatic rings. The number of unbranched alkanes of at least 4 members (excludes halogenated alkanes) is 1. The molecule has 0 N–H and O–H groups in total. The Kier molecular flexibility index (Phi) is 5.34. The molecule has 0 spiro atoms. The van der Waals surface area contributed by atoms with Gasteiger partial charge in [0.1, 0.15) is 6.04 Å². The average molecular weight is 370 g/mol. The van der Waals surface area contributed by atoms with Crippen LogP contribution in [-0.4, -0.2) is 78.5 Å². The number of anilines is 1. The van der Waals surface area contributed by atoms with Crippen LogP contribution in [0.1, 0.15) is 31.2 Å². The quantitative estimate of drug-likeness (QED) is 0.570. The minimum atomic E-state index is -0.160. The molecule has 0 bridgehead atoms. The number of aryl methyl sites for hydroxylation is 1. The van der Waals surface area contributed by atoms with E-state index < -0.39 is 0 Å². The summed E-state index contributed by atoms with van der Waals surface area (Å²) in [6, 6.07) is 8.54. The molecular weight excluding hydrogens is 340 g/mol. The van der Waals surface area contributed by atoms with Crippen LogP contribution in [0.15, 0.2) is 24.3 Å². The average Bonchev–Trinajstić information content (AvgIpc) is 3.25. The number of benzene rings is 1. The van der Waals surface area contributed by atoms with Gasteiger partial charge in [0.2, 0.25) is 0 Å². The van der Waals surface area contributed by atoms with E-state index in [1.54, 1.807) is 4.90 Å². The maximum atomic E-state index is 12.3. The van der Waals surface area contributed by atoms with E-state index >= 15 is 0 Å². The fourth-order valence-electron chi connectivity index (χ4n) is 4.48. The Morgan fingerprint density at radius 3 is 2.33 bits per heavy atom. The van der Waals surface area contributed by atoms with Gasteiger partial charge in [-0.3, -0.25) is 14.6 Å². The zero-order valence-corrected chi connectivity index (χ0v) is 16.3. The van der Waals surface area contributed by atoms with E-state index in [4.69, 9.17) is 0 Å². The number of fused-ring (bicyclic) bond motifs is 1. The van der Waals surface area contributed by atoms with Crippen LogP contribution < -0.4 is 4.90 Å². The first kappa shape index (κ1) is 18.3. The molecule has 6 heteroatoms. The predicted octanol–water partition coefficient (Wildman–Crippen LogP) is 2.32. The number of hydrogen-bond donors (Lipinski definition) is 0. The SMILES string of the molecule is Cc1ccc(N2CCN(CCCCN3C(=O)[C@@H]4CCCN4C3=O)CC2)cc1. The van der Waals surface area contributed by atoms with Crippen molar-refractivity contribution in [2.45, 2.75) is 38.6 Å². The highest BCUT2D eigenvalue weighted by molar-refractivity contribution is 6.04. The molecule has 1 atom stereocenters. The van der Waals surface area contributed by atoms with Crippen molar-refractivity contribution in [3.63, 3.8) is 0 Å². The molecule has 3 saturated heterocycles. The van der Waals surface area contributed by atoms with Gasteiger partial charge in [-0.25, -0.2) is 4.79 Å². The first-order chi connectivity index (χ1) is 13.1. The van der Waals surface area contributed by atoms with Crippen molar-refractivity contribution in [3.05, 3.63) is 29.8 Å². The van der Waals surface area contributed by atoms with Crippen LogP contribution in [0, 0.1) is 6.92 Å². The van der Waals surface area contributed by atoms with Gasteiger partial charge in [0.25, 0.3) is 5.91 Å². The molecule has 3 aliphatic heterocycles. The molecule has 0 aromatic heterocycles. The summed E-state index contributed by atoms with van der Waals surface area (Å²) in [4.78, 5) is 32.8. The van der Waals surface area contributed by atoms with Crippen molar-refractivity contribution in [2.24, 2.45) is 0 Å². The Balaban J connectivity index is 1.16. The van der Waals surface area contributed by atoms with E-state index in [-0.39, 0.29) is 18.0 Å². The normalized spacial score (nSPS) is 23.4. The minimum absolute atomic E-state index is 0.0317. The van der Waals surface area contributed by atoms with Crippen LogP contribution in [0.5, 0.6) is 0 Å². The molecule has 3 heterocycles.